The molecule has 0 aromatic heterocycles. The summed E-state index contributed by atoms with van der Waals surface area (Å²) in [5.41, 5.74) is 0.586. The minimum absolute atomic E-state index is 0.408. The van der Waals surface area contributed by atoms with E-state index in [-0.39, 0.29) is 0 Å². The number of nitrogens with one attached hydrogen (secondary N) is 1. The highest BCUT2D eigenvalue weighted by Gasteiger charge is 2.16. The third-order valence-electron chi connectivity index (χ3n) is 3.30. The van der Waals surface area contributed by atoms with Crippen molar-refractivity contribution in [1.29, 1.82) is 0 Å². The van der Waals surface area contributed by atoms with Crippen LogP contribution in [0.1, 0.15) is 13.8 Å². The molecule has 0 heterocycles. The largest absolute Gasteiger partial charge is 0.457 e. The lowest BCUT2D eigenvalue weighted by atomic mass is 10.2. The number of rotatable bonds is 7. The fraction of sp³-hybridized carbons (Fsp3) is 0.143. The molecule has 1 amide bonds. The molecule has 26 heavy (non-hydrogen) atoms. The minimum Gasteiger partial charge on any atom is -0.457 e. The molecule has 5 nitrogen and oxygen atoms in total. The highest BCUT2D eigenvalue weighted by molar-refractivity contribution is 5.96. The van der Waals surface area contributed by atoms with Crippen molar-refractivity contribution in [3.8, 4) is 11.5 Å². The lowest BCUT2D eigenvalue weighted by molar-refractivity contribution is -0.148. The summed E-state index contributed by atoms with van der Waals surface area (Å²) in [6.45, 7) is 3.35. The van der Waals surface area contributed by atoms with Crippen LogP contribution in [0.15, 0.2) is 78.9 Å². The zero-order valence-corrected chi connectivity index (χ0v) is 14.7. The van der Waals surface area contributed by atoms with Crippen molar-refractivity contribution in [1.82, 2.24) is 0 Å². The van der Waals surface area contributed by atoms with Crippen LogP contribution in [0.4, 0.5) is 5.69 Å². The highest BCUT2D eigenvalue weighted by Crippen LogP contribution is 2.22. The molecule has 1 N–H and O–H groups in total. The van der Waals surface area contributed by atoms with Gasteiger partial charge in [-0.1, -0.05) is 36.4 Å². The van der Waals surface area contributed by atoms with Crippen molar-refractivity contribution >= 4 is 17.6 Å². The van der Waals surface area contributed by atoms with Gasteiger partial charge >= 0.3 is 5.97 Å². The second-order valence-corrected chi connectivity index (χ2v) is 5.39. The topological polar surface area (TPSA) is 64.6 Å². The highest BCUT2D eigenvalue weighted by atomic mass is 16.5. The standard InChI is InChI=1S/C21H21NO4/c1-3-4-6-11-20(23)25-16(2)21(24)22-17-12-14-19(15-13-17)26-18-9-7-5-8-10-18/h3-16H,1-2H3,(H,22,24)/b4-3+,11-6+/t16-/m0/s1. The van der Waals surface area contributed by atoms with Crippen molar-refractivity contribution in [2.75, 3.05) is 5.32 Å². The Morgan fingerprint density at radius 2 is 1.62 bits per heavy atom. The predicted octanol–water partition coefficient (Wildman–Crippen LogP) is 4.48. The average molecular weight is 351 g/mol. The van der Waals surface area contributed by atoms with Gasteiger partial charge in [-0.05, 0) is 50.2 Å². The Morgan fingerprint density at radius 3 is 2.27 bits per heavy atom. The van der Waals surface area contributed by atoms with Gasteiger partial charge in [0.05, 0.1) is 0 Å². The molecule has 134 valence electrons. The quantitative estimate of drug-likeness (QED) is 0.454. The summed E-state index contributed by atoms with van der Waals surface area (Å²) in [4.78, 5) is 23.7. The van der Waals surface area contributed by atoms with E-state index in [4.69, 9.17) is 9.47 Å². The number of amides is 1. The first-order valence-electron chi connectivity index (χ1n) is 8.22. The molecule has 0 radical (unpaired) electrons. The Morgan fingerprint density at radius 1 is 0.962 bits per heavy atom. The smallest absolute Gasteiger partial charge is 0.331 e. The Kier molecular flexibility index (Phi) is 7.18. The van der Waals surface area contributed by atoms with Crippen LogP contribution in [0.3, 0.4) is 0 Å². The molecule has 0 aliphatic rings. The fourth-order valence-corrected chi connectivity index (χ4v) is 1.99. The predicted molar refractivity (Wildman–Crippen MR) is 101 cm³/mol. The summed E-state index contributed by atoms with van der Waals surface area (Å²) in [6, 6.07) is 16.3. The van der Waals surface area contributed by atoms with Crippen molar-refractivity contribution in [3.05, 3.63) is 78.9 Å². The van der Waals surface area contributed by atoms with Crippen LogP contribution in [-0.2, 0) is 14.3 Å². The van der Waals surface area contributed by atoms with Gasteiger partial charge < -0.3 is 14.8 Å². The average Bonchev–Trinajstić information content (AvgIpc) is 2.64. The molecule has 0 saturated heterocycles. The number of ether oxygens (including phenoxy) is 2. The van der Waals surface area contributed by atoms with E-state index in [1.165, 1.54) is 13.0 Å². The fourth-order valence-electron chi connectivity index (χ4n) is 1.99. The maximum Gasteiger partial charge on any atom is 0.331 e. The third kappa shape index (κ3) is 6.28. The molecule has 5 heteroatoms. The first-order valence-corrected chi connectivity index (χ1v) is 8.22. The Hall–Kier alpha value is -3.34. The first-order chi connectivity index (χ1) is 12.6. The van der Waals surface area contributed by atoms with Crippen LogP contribution < -0.4 is 10.1 Å². The Bertz CT molecular complexity index is 779. The number of carbonyl (C=O) groups is 2. The van der Waals surface area contributed by atoms with Gasteiger partial charge in [0.15, 0.2) is 6.10 Å². The zero-order chi connectivity index (χ0) is 18.8. The molecule has 0 aliphatic carbocycles. The maximum absolute atomic E-state index is 12.1. The molecule has 1 atom stereocenters. The number of para-hydroxylation sites is 1. The number of allylic oxidation sites excluding steroid dienone is 3. The summed E-state index contributed by atoms with van der Waals surface area (Å²) in [5.74, 6) is 0.408. The summed E-state index contributed by atoms with van der Waals surface area (Å²) in [5, 5.41) is 2.70. The van der Waals surface area contributed by atoms with E-state index in [2.05, 4.69) is 5.32 Å². The van der Waals surface area contributed by atoms with Crippen molar-refractivity contribution < 1.29 is 19.1 Å². The monoisotopic (exact) mass is 351 g/mol. The van der Waals surface area contributed by atoms with Crippen LogP contribution in [0.5, 0.6) is 11.5 Å². The number of anilines is 1. The summed E-state index contributed by atoms with van der Waals surface area (Å²) in [6.07, 6.45) is 5.40. The second kappa shape index (κ2) is 9.84. The van der Waals surface area contributed by atoms with E-state index in [9.17, 15) is 9.59 Å². The summed E-state index contributed by atoms with van der Waals surface area (Å²) in [7, 11) is 0. The SMILES string of the molecule is C/C=C/C=C/C(=O)O[C@@H](C)C(=O)Nc1ccc(Oc2ccccc2)cc1. The lowest BCUT2D eigenvalue weighted by Crippen LogP contribution is -2.29. The van der Waals surface area contributed by atoms with Gasteiger partial charge in [0.1, 0.15) is 11.5 Å². The van der Waals surface area contributed by atoms with Gasteiger partial charge in [-0.3, -0.25) is 4.79 Å². The molecule has 0 spiro atoms. The Balaban J connectivity index is 1.87. The van der Waals surface area contributed by atoms with Crippen molar-refractivity contribution in [2.24, 2.45) is 0 Å². The van der Waals surface area contributed by atoms with Crippen LogP contribution in [0, 0.1) is 0 Å². The van der Waals surface area contributed by atoms with Gasteiger partial charge in [-0.2, -0.15) is 0 Å². The molecule has 0 saturated carbocycles. The molecule has 2 aromatic carbocycles. The molecular formula is C21H21NO4. The van der Waals surface area contributed by atoms with E-state index >= 15 is 0 Å². The molecule has 2 rings (SSSR count). The maximum atomic E-state index is 12.1. The summed E-state index contributed by atoms with van der Waals surface area (Å²) >= 11 is 0. The lowest BCUT2D eigenvalue weighted by Gasteiger charge is -2.13. The van der Waals surface area contributed by atoms with E-state index in [1.807, 2.05) is 37.3 Å². The molecule has 0 unspecified atom stereocenters. The van der Waals surface area contributed by atoms with Crippen LogP contribution in [0.25, 0.3) is 0 Å². The van der Waals surface area contributed by atoms with Gasteiger partial charge in [0, 0.05) is 11.8 Å². The number of hydrogen-bond donors (Lipinski definition) is 1. The Labute approximate surface area is 152 Å². The molecular weight excluding hydrogens is 330 g/mol. The number of hydrogen-bond acceptors (Lipinski definition) is 4. The van der Waals surface area contributed by atoms with Gasteiger partial charge in [0.2, 0.25) is 0 Å². The second-order valence-electron chi connectivity index (χ2n) is 5.39. The van der Waals surface area contributed by atoms with Gasteiger partial charge in [0.25, 0.3) is 5.91 Å². The molecule has 0 aliphatic heterocycles. The van der Waals surface area contributed by atoms with Crippen LogP contribution >= 0.6 is 0 Å². The molecule has 0 fully saturated rings. The number of benzene rings is 2. The van der Waals surface area contributed by atoms with E-state index in [0.717, 1.165) is 5.75 Å². The first kappa shape index (κ1) is 19.0. The van der Waals surface area contributed by atoms with Crippen LogP contribution in [-0.4, -0.2) is 18.0 Å². The number of esters is 1. The number of carbonyl (C=O) groups excluding carboxylic acids is 2. The van der Waals surface area contributed by atoms with Crippen LogP contribution in [0.2, 0.25) is 0 Å². The zero-order valence-electron chi connectivity index (χ0n) is 14.7. The van der Waals surface area contributed by atoms with Gasteiger partial charge in [-0.25, -0.2) is 4.79 Å². The van der Waals surface area contributed by atoms with E-state index in [1.54, 1.807) is 42.5 Å². The molecule has 2 aromatic rings. The summed E-state index contributed by atoms with van der Waals surface area (Å²) < 4.78 is 10.7. The normalized spacial score (nSPS) is 12.1. The van der Waals surface area contributed by atoms with Gasteiger partial charge in [-0.15, -0.1) is 0 Å². The van der Waals surface area contributed by atoms with E-state index < -0.39 is 18.0 Å². The minimum atomic E-state index is -0.905. The molecule has 0 bridgehead atoms. The van der Waals surface area contributed by atoms with E-state index in [0.29, 0.717) is 11.4 Å². The van der Waals surface area contributed by atoms with Crippen molar-refractivity contribution in [2.45, 2.75) is 20.0 Å². The van der Waals surface area contributed by atoms with Crippen molar-refractivity contribution in [3.63, 3.8) is 0 Å². The third-order valence-corrected chi connectivity index (χ3v) is 3.30.